The van der Waals surface area contributed by atoms with Gasteiger partial charge in [0.1, 0.15) is 21.4 Å². The molecule has 1 aliphatic carbocycles. The van der Waals surface area contributed by atoms with Crippen molar-refractivity contribution in [1.82, 2.24) is 4.90 Å². The first-order valence-electron chi connectivity index (χ1n) is 7.90. The SMILES string of the molecule is CCOc1cc(F)ccc1NC(=O)N(C1CC1)[C@@H](C)CS(C)(=O)=O. The van der Waals surface area contributed by atoms with Crippen molar-refractivity contribution in [2.24, 2.45) is 0 Å². The number of carbonyl (C=O) groups excluding carboxylic acids is 1. The highest BCUT2D eigenvalue weighted by Gasteiger charge is 2.37. The molecule has 0 heterocycles. The molecule has 6 nitrogen and oxygen atoms in total. The summed E-state index contributed by atoms with van der Waals surface area (Å²) in [5.41, 5.74) is 0.362. The van der Waals surface area contributed by atoms with E-state index in [-0.39, 0.29) is 17.5 Å². The smallest absolute Gasteiger partial charge is 0.322 e. The number of hydrogen-bond acceptors (Lipinski definition) is 4. The van der Waals surface area contributed by atoms with Crippen LogP contribution in [-0.2, 0) is 9.84 Å². The normalized spacial score (nSPS) is 15.7. The Morgan fingerprint density at radius 3 is 2.67 bits per heavy atom. The van der Waals surface area contributed by atoms with Gasteiger partial charge in [-0.05, 0) is 38.8 Å². The van der Waals surface area contributed by atoms with Crippen molar-refractivity contribution in [1.29, 1.82) is 0 Å². The molecular formula is C16H23FN2O4S. The van der Waals surface area contributed by atoms with E-state index in [1.54, 1.807) is 18.7 Å². The lowest BCUT2D eigenvalue weighted by Crippen LogP contribution is -2.46. The summed E-state index contributed by atoms with van der Waals surface area (Å²) in [7, 11) is -3.20. The number of ether oxygens (including phenoxy) is 1. The highest BCUT2D eigenvalue weighted by atomic mass is 32.2. The number of halogens is 1. The molecule has 0 unspecified atom stereocenters. The summed E-state index contributed by atoms with van der Waals surface area (Å²) >= 11 is 0. The fourth-order valence-electron chi connectivity index (χ4n) is 2.65. The van der Waals surface area contributed by atoms with Gasteiger partial charge in [-0.3, -0.25) is 0 Å². The Hall–Kier alpha value is -1.83. The molecule has 0 saturated heterocycles. The van der Waals surface area contributed by atoms with Crippen molar-refractivity contribution < 1.29 is 22.3 Å². The minimum Gasteiger partial charge on any atom is -0.492 e. The molecule has 0 bridgehead atoms. The minimum absolute atomic E-state index is 0.0396. The number of amides is 2. The van der Waals surface area contributed by atoms with Gasteiger partial charge in [-0.25, -0.2) is 17.6 Å². The number of hydrogen-bond donors (Lipinski definition) is 1. The zero-order chi connectivity index (χ0) is 17.9. The second-order valence-corrected chi connectivity index (χ2v) is 8.27. The van der Waals surface area contributed by atoms with Crippen molar-refractivity contribution >= 4 is 21.6 Å². The maximum atomic E-state index is 13.3. The van der Waals surface area contributed by atoms with E-state index in [0.717, 1.165) is 19.1 Å². The van der Waals surface area contributed by atoms with Gasteiger partial charge in [-0.2, -0.15) is 0 Å². The number of nitrogens with zero attached hydrogens (tertiary/aromatic N) is 1. The lowest BCUT2D eigenvalue weighted by molar-refractivity contribution is 0.194. The Morgan fingerprint density at radius 1 is 1.46 bits per heavy atom. The number of nitrogens with one attached hydrogen (secondary N) is 1. The van der Waals surface area contributed by atoms with Crippen LogP contribution in [0.2, 0.25) is 0 Å². The van der Waals surface area contributed by atoms with E-state index in [2.05, 4.69) is 5.32 Å². The fourth-order valence-corrected chi connectivity index (χ4v) is 3.69. The van der Waals surface area contributed by atoms with Crippen molar-refractivity contribution in [3.63, 3.8) is 0 Å². The van der Waals surface area contributed by atoms with Crippen LogP contribution in [-0.4, -0.2) is 50.0 Å². The number of sulfone groups is 1. The summed E-state index contributed by atoms with van der Waals surface area (Å²) in [4.78, 5) is 14.2. The summed E-state index contributed by atoms with van der Waals surface area (Å²) in [6.07, 6.45) is 2.85. The summed E-state index contributed by atoms with van der Waals surface area (Å²) in [6.45, 7) is 3.82. The van der Waals surface area contributed by atoms with Gasteiger partial charge >= 0.3 is 6.03 Å². The molecule has 2 amide bonds. The Labute approximate surface area is 141 Å². The molecule has 8 heteroatoms. The van der Waals surface area contributed by atoms with Crippen LogP contribution in [0, 0.1) is 5.82 Å². The molecule has 1 saturated carbocycles. The molecule has 24 heavy (non-hydrogen) atoms. The van der Waals surface area contributed by atoms with E-state index in [4.69, 9.17) is 4.74 Å². The van der Waals surface area contributed by atoms with Crippen molar-refractivity contribution in [2.75, 3.05) is 23.9 Å². The first kappa shape index (κ1) is 18.5. The predicted octanol–water partition coefficient (Wildman–Crippen LogP) is 2.65. The van der Waals surface area contributed by atoms with Crippen molar-refractivity contribution in [3.05, 3.63) is 24.0 Å². The van der Waals surface area contributed by atoms with Gasteiger partial charge in [0.25, 0.3) is 0 Å². The molecule has 1 fully saturated rings. The van der Waals surface area contributed by atoms with Crippen LogP contribution in [0.4, 0.5) is 14.9 Å². The number of anilines is 1. The largest absolute Gasteiger partial charge is 0.492 e. The predicted molar refractivity (Wildman–Crippen MR) is 90.6 cm³/mol. The lowest BCUT2D eigenvalue weighted by Gasteiger charge is -2.29. The van der Waals surface area contributed by atoms with Crippen LogP contribution in [0.1, 0.15) is 26.7 Å². The maximum Gasteiger partial charge on any atom is 0.322 e. The Bertz CT molecular complexity index is 704. The topological polar surface area (TPSA) is 75.7 Å². The average molecular weight is 358 g/mol. The number of carbonyl (C=O) groups is 1. The highest BCUT2D eigenvalue weighted by Crippen LogP contribution is 2.31. The third-order valence-electron chi connectivity index (χ3n) is 3.68. The van der Waals surface area contributed by atoms with E-state index < -0.39 is 27.7 Å². The van der Waals surface area contributed by atoms with Crippen LogP contribution in [0.5, 0.6) is 5.75 Å². The minimum atomic E-state index is -3.20. The first-order valence-corrected chi connectivity index (χ1v) is 9.96. The summed E-state index contributed by atoms with van der Waals surface area (Å²) in [5, 5.41) is 2.71. The van der Waals surface area contributed by atoms with Gasteiger partial charge in [0.05, 0.1) is 18.0 Å². The molecule has 0 radical (unpaired) electrons. The molecule has 1 aromatic rings. The van der Waals surface area contributed by atoms with Gasteiger partial charge in [0.2, 0.25) is 0 Å². The molecule has 1 aliphatic rings. The first-order chi connectivity index (χ1) is 11.2. The van der Waals surface area contributed by atoms with Gasteiger partial charge < -0.3 is 15.0 Å². The zero-order valence-corrected chi connectivity index (χ0v) is 14.9. The molecule has 0 spiro atoms. The lowest BCUT2D eigenvalue weighted by atomic mass is 10.2. The van der Waals surface area contributed by atoms with Gasteiger partial charge in [0, 0.05) is 24.4 Å². The molecular weight excluding hydrogens is 335 g/mol. The van der Waals surface area contributed by atoms with E-state index in [1.165, 1.54) is 18.2 Å². The van der Waals surface area contributed by atoms with Crippen LogP contribution in [0.3, 0.4) is 0 Å². The molecule has 1 N–H and O–H groups in total. The van der Waals surface area contributed by atoms with Crippen molar-refractivity contribution in [3.8, 4) is 5.75 Å². The third kappa shape index (κ3) is 5.09. The summed E-state index contributed by atoms with van der Waals surface area (Å²) < 4.78 is 41.7. The average Bonchev–Trinajstić information content (AvgIpc) is 3.25. The molecule has 134 valence electrons. The quantitative estimate of drug-likeness (QED) is 0.813. The fraction of sp³-hybridized carbons (Fsp3) is 0.562. The highest BCUT2D eigenvalue weighted by molar-refractivity contribution is 7.90. The van der Waals surface area contributed by atoms with Crippen LogP contribution < -0.4 is 10.1 Å². The van der Waals surface area contributed by atoms with E-state index in [9.17, 15) is 17.6 Å². The van der Waals surface area contributed by atoms with Crippen LogP contribution in [0.15, 0.2) is 18.2 Å². The summed E-state index contributed by atoms with van der Waals surface area (Å²) in [6, 6.07) is 3.08. The third-order valence-corrected chi connectivity index (χ3v) is 4.77. The number of rotatable bonds is 7. The molecule has 0 aromatic heterocycles. The van der Waals surface area contributed by atoms with Gasteiger partial charge in [-0.15, -0.1) is 0 Å². The summed E-state index contributed by atoms with van der Waals surface area (Å²) in [5.74, 6) is -0.308. The monoisotopic (exact) mass is 358 g/mol. The number of urea groups is 1. The Morgan fingerprint density at radius 2 is 2.12 bits per heavy atom. The van der Waals surface area contributed by atoms with Gasteiger partial charge in [-0.1, -0.05) is 0 Å². The Balaban J connectivity index is 2.17. The van der Waals surface area contributed by atoms with Crippen molar-refractivity contribution in [2.45, 2.75) is 38.8 Å². The molecule has 1 atom stereocenters. The molecule has 2 rings (SSSR count). The van der Waals surface area contributed by atoms with E-state index in [1.807, 2.05) is 0 Å². The standard InChI is InChI=1S/C16H23FN2O4S/c1-4-23-15-9-12(17)5-8-14(15)18-16(20)19(13-6-7-13)11(2)10-24(3,21)22/h5,8-9,11,13H,4,6-7,10H2,1-3H3,(H,18,20)/t11-/m0/s1. The molecule has 0 aliphatic heterocycles. The van der Waals surface area contributed by atoms with E-state index in [0.29, 0.717) is 12.3 Å². The van der Waals surface area contributed by atoms with Crippen LogP contribution >= 0.6 is 0 Å². The van der Waals surface area contributed by atoms with E-state index >= 15 is 0 Å². The molecule has 1 aromatic carbocycles. The maximum absolute atomic E-state index is 13.3. The number of benzene rings is 1. The Kier molecular flexibility index (Phi) is 5.69. The van der Waals surface area contributed by atoms with Crippen LogP contribution in [0.25, 0.3) is 0 Å². The van der Waals surface area contributed by atoms with Gasteiger partial charge in [0.15, 0.2) is 0 Å². The zero-order valence-electron chi connectivity index (χ0n) is 14.1. The second kappa shape index (κ2) is 7.38. The second-order valence-electron chi connectivity index (χ2n) is 6.08.